The zero-order chi connectivity index (χ0) is 22.8. The minimum absolute atomic E-state index is 0.212. The molecule has 0 radical (unpaired) electrons. The van der Waals surface area contributed by atoms with E-state index in [4.69, 9.17) is 18.9 Å². The first-order chi connectivity index (χ1) is 14.7. The topological polar surface area (TPSA) is 91.4 Å². The van der Waals surface area contributed by atoms with Crippen LogP contribution in [0.15, 0.2) is 18.2 Å². The molecule has 0 N–H and O–H groups in total. The van der Waals surface area contributed by atoms with Gasteiger partial charge in [0.1, 0.15) is 18.0 Å². The second kappa shape index (κ2) is 9.16. The summed E-state index contributed by atoms with van der Waals surface area (Å²) < 4.78 is 21.3. The molecule has 31 heavy (non-hydrogen) atoms. The van der Waals surface area contributed by atoms with E-state index in [-0.39, 0.29) is 5.92 Å². The second-order valence-corrected chi connectivity index (χ2v) is 8.92. The zero-order valence-corrected chi connectivity index (χ0v) is 18.8. The number of nitrogens with zero attached hydrogens (tertiary/aromatic N) is 1. The van der Waals surface area contributed by atoms with Crippen LogP contribution in [0.5, 0.6) is 5.75 Å². The fourth-order valence-corrected chi connectivity index (χ4v) is 4.43. The third-order valence-electron chi connectivity index (χ3n) is 5.76. The first-order valence-corrected chi connectivity index (χ1v) is 10.6. The van der Waals surface area contributed by atoms with E-state index in [1.54, 1.807) is 4.90 Å². The number of hydrogen-bond donors (Lipinski definition) is 0. The van der Waals surface area contributed by atoms with Crippen molar-refractivity contribution in [2.24, 2.45) is 11.8 Å². The summed E-state index contributed by atoms with van der Waals surface area (Å²) in [4.78, 5) is 39.1. The molecule has 8 heteroatoms. The summed E-state index contributed by atoms with van der Waals surface area (Å²) in [5, 5.41) is 0. The van der Waals surface area contributed by atoms with Crippen molar-refractivity contribution in [2.45, 2.75) is 51.6 Å². The first-order valence-electron chi connectivity index (χ1n) is 10.6. The Kier molecular flexibility index (Phi) is 6.77. The van der Waals surface area contributed by atoms with Crippen molar-refractivity contribution in [3.8, 4) is 5.75 Å². The minimum atomic E-state index is -0.630. The van der Waals surface area contributed by atoms with Crippen LogP contribution in [0.3, 0.4) is 0 Å². The molecule has 0 unspecified atom stereocenters. The van der Waals surface area contributed by atoms with Gasteiger partial charge in [-0.1, -0.05) is 12.5 Å². The molecule has 1 heterocycles. The van der Waals surface area contributed by atoms with Gasteiger partial charge < -0.3 is 18.9 Å². The van der Waals surface area contributed by atoms with Crippen molar-refractivity contribution in [3.63, 3.8) is 0 Å². The molecule has 8 nitrogen and oxygen atoms in total. The van der Waals surface area contributed by atoms with Gasteiger partial charge in [0, 0.05) is 0 Å². The van der Waals surface area contributed by atoms with E-state index in [2.05, 4.69) is 0 Å². The Morgan fingerprint density at radius 2 is 1.77 bits per heavy atom. The summed E-state index contributed by atoms with van der Waals surface area (Å²) in [6.45, 7) is 6.20. The molecule has 1 aliphatic heterocycles. The molecule has 1 saturated carbocycles. The maximum atomic E-state index is 12.6. The summed E-state index contributed by atoms with van der Waals surface area (Å²) in [7, 11) is 2.66. The van der Waals surface area contributed by atoms with E-state index in [0.717, 1.165) is 18.4 Å². The van der Waals surface area contributed by atoms with Crippen molar-refractivity contribution in [1.82, 2.24) is 0 Å². The Balaban J connectivity index is 1.92. The Morgan fingerprint density at radius 1 is 1.06 bits per heavy atom. The number of carbonyl (C=O) groups excluding carboxylic acids is 3. The van der Waals surface area contributed by atoms with Crippen LogP contribution in [0, 0.1) is 11.8 Å². The summed E-state index contributed by atoms with van der Waals surface area (Å²) >= 11 is 0. The molecule has 1 aliphatic carbocycles. The van der Waals surface area contributed by atoms with Gasteiger partial charge in [0.2, 0.25) is 0 Å². The van der Waals surface area contributed by atoms with Crippen LogP contribution < -0.4 is 9.64 Å². The van der Waals surface area contributed by atoms with Crippen molar-refractivity contribution in [3.05, 3.63) is 23.8 Å². The number of hydrogen-bond acceptors (Lipinski definition) is 7. The number of methoxy groups -OCH3 is 2. The maximum absolute atomic E-state index is 12.6. The fourth-order valence-electron chi connectivity index (χ4n) is 4.43. The minimum Gasteiger partial charge on any atom is -0.490 e. The van der Waals surface area contributed by atoms with Gasteiger partial charge >= 0.3 is 18.0 Å². The summed E-state index contributed by atoms with van der Waals surface area (Å²) in [5.41, 5.74) is 0.891. The van der Waals surface area contributed by atoms with E-state index in [1.807, 2.05) is 39.0 Å². The standard InChI is InChI=1S/C23H31NO7/c1-23(2,3)31-22(27)24-11-12-30-18-13-14(9-10-17(18)24)15-7-6-8-16(20(25)28-4)19(15)21(26)29-5/h9-10,13,15-16,19H,6-8,11-12H2,1-5H3/t15-,16-,19-/m1/s1. The average molecular weight is 434 g/mol. The summed E-state index contributed by atoms with van der Waals surface area (Å²) in [5.74, 6) is -1.66. The molecule has 0 aromatic heterocycles. The third-order valence-corrected chi connectivity index (χ3v) is 5.76. The van der Waals surface area contributed by atoms with Crippen LogP contribution >= 0.6 is 0 Å². The highest BCUT2D eigenvalue weighted by atomic mass is 16.6. The molecule has 1 amide bonds. The highest BCUT2D eigenvalue weighted by molar-refractivity contribution is 5.90. The number of ether oxygens (including phenoxy) is 4. The molecule has 1 fully saturated rings. The molecule has 3 atom stereocenters. The monoisotopic (exact) mass is 433 g/mol. The number of carbonyl (C=O) groups is 3. The Labute approximate surface area is 182 Å². The SMILES string of the molecule is COC(=O)[C@@H]1[C@@H](c2ccc3c(c2)OCCN3C(=O)OC(C)(C)C)CCC[C@H]1C(=O)OC. The van der Waals surface area contributed by atoms with Crippen LogP contribution in [0.25, 0.3) is 0 Å². The second-order valence-electron chi connectivity index (χ2n) is 8.92. The lowest BCUT2D eigenvalue weighted by molar-refractivity contribution is -0.160. The smallest absolute Gasteiger partial charge is 0.415 e. The Bertz CT molecular complexity index is 845. The van der Waals surface area contributed by atoms with Gasteiger partial charge in [0.05, 0.1) is 38.3 Å². The van der Waals surface area contributed by atoms with Gasteiger partial charge in [0.15, 0.2) is 0 Å². The highest BCUT2D eigenvalue weighted by Gasteiger charge is 2.44. The van der Waals surface area contributed by atoms with Gasteiger partial charge in [-0.15, -0.1) is 0 Å². The molecule has 0 spiro atoms. The molecule has 0 bridgehead atoms. The highest BCUT2D eigenvalue weighted by Crippen LogP contribution is 2.45. The van der Waals surface area contributed by atoms with Gasteiger partial charge in [-0.3, -0.25) is 14.5 Å². The maximum Gasteiger partial charge on any atom is 0.415 e. The number of amides is 1. The average Bonchev–Trinajstić information content (AvgIpc) is 2.75. The largest absolute Gasteiger partial charge is 0.490 e. The normalized spacial score (nSPS) is 23.3. The van der Waals surface area contributed by atoms with Crippen molar-refractivity contribution in [2.75, 3.05) is 32.3 Å². The Morgan fingerprint density at radius 3 is 2.42 bits per heavy atom. The summed E-state index contributed by atoms with van der Waals surface area (Å²) in [6.07, 6.45) is 1.68. The van der Waals surface area contributed by atoms with E-state index in [0.29, 0.717) is 31.0 Å². The molecule has 0 saturated heterocycles. The van der Waals surface area contributed by atoms with Gasteiger partial charge in [-0.2, -0.15) is 0 Å². The predicted molar refractivity (Wildman–Crippen MR) is 113 cm³/mol. The molecular formula is C23H31NO7. The van der Waals surface area contributed by atoms with Gasteiger partial charge in [-0.05, 0) is 57.2 Å². The van der Waals surface area contributed by atoms with Crippen LogP contribution in [0.4, 0.5) is 10.5 Å². The lowest BCUT2D eigenvalue weighted by atomic mass is 9.69. The lowest BCUT2D eigenvalue weighted by Crippen LogP contribution is -2.41. The van der Waals surface area contributed by atoms with Crippen LogP contribution in [-0.4, -0.2) is 51.0 Å². The summed E-state index contributed by atoms with van der Waals surface area (Å²) in [6, 6.07) is 5.54. The quantitative estimate of drug-likeness (QED) is 0.531. The van der Waals surface area contributed by atoms with Crippen molar-refractivity contribution in [1.29, 1.82) is 0 Å². The van der Waals surface area contributed by atoms with Crippen molar-refractivity contribution < 1.29 is 33.3 Å². The number of rotatable bonds is 3. The fraction of sp³-hybridized carbons (Fsp3) is 0.609. The number of fused-ring (bicyclic) bond motifs is 1. The third kappa shape index (κ3) is 4.94. The first kappa shape index (κ1) is 22.9. The van der Waals surface area contributed by atoms with Crippen molar-refractivity contribution >= 4 is 23.7 Å². The van der Waals surface area contributed by atoms with Crippen LogP contribution in [0.1, 0.15) is 51.5 Å². The zero-order valence-electron chi connectivity index (χ0n) is 18.8. The molecular weight excluding hydrogens is 402 g/mol. The molecule has 3 rings (SSSR count). The van der Waals surface area contributed by atoms with Gasteiger partial charge in [-0.25, -0.2) is 4.79 Å². The number of benzene rings is 1. The van der Waals surface area contributed by atoms with E-state index in [9.17, 15) is 14.4 Å². The molecule has 1 aromatic carbocycles. The van der Waals surface area contributed by atoms with E-state index < -0.39 is 35.5 Å². The van der Waals surface area contributed by atoms with E-state index >= 15 is 0 Å². The number of anilines is 1. The Hall–Kier alpha value is -2.77. The molecule has 170 valence electrons. The molecule has 1 aromatic rings. The van der Waals surface area contributed by atoms with E-state index in [1.165, 1.54) is 14.2 Å². The van der Waals surface area contributed by atoms with Crippen LogP contribution in [0.2, 0.25) is 0 Å². The van der Waals surface area contributed by atoms with Gasteiger partial charge in [0.25, 0.3) is 0 Å². The number of esters is 2. The van der Waals surface area contributed by atoms with Crippen LogP contribution in [-0.2, 0) is 23.8 Å². The molecule has 2 aliphatic rings. The lowest BCUT2D eigenvalue weighted by Gasteiger charge is -2.36. The predicted octanol–water partition coefficient (Wildman–Crippen LogP) is 3.67.